The van der Waals surface area contributed by atoms with Gasteiger partial charge in [0.25, 0.3) is 0 Å². The van der Waals surface area contributed by atoms with Crippen molar-refractivity contribution in [2.24, 2.45) is 0 Å². The third-order valence-electron chi connectivity index (χ3n) is 2.83. The predicted octanol–water partition coefficient (Wildman–Crippen LogP) is 6.63. The molecule has 0 saturated heterocycles. The summed E-state index contributed by atoms with van der Waals surface area (Å²) in [7, 11) is 0. The molecule has 0 aromatic rings. The number of alkyl halides is 12. The molecule has 1 unspecified atom stereocenters. The number of hydrogen-bond donors (Lipinski definition) is 0. The van der Waals surface area contributed by atoms with Gasteiger partial charge in [-0.1, -0.05) is 12.2 Å². The van der Waals surface area contributed by atoms with Crippen LogP contribution >= 0.6 is 0 Å². The molecule has 0 rings (SSSR count). The smallest absolute Gasteiger partial charge is 0.248 e. The summed E-state index contributed by atoms with van der Waals surface area (Å²) in [6, 6.07) is 0. The predicted molar refractivity (Wildman–Crippen MR) is 70.9 cm³/mol. The maximum Gasteiger partial charge on any atom is 0.371 e. The molecule has 1 atom stereocenters. The monoisotopic (exact) mass is 412 g/mol. The molecule has 0 spiro atoms. The van der Waals surface area contributed by atoms with Crippen LogP contribution in [0.3, 0.4) is 0 Å². The van der Waals surface area contributed by atoms with Crippen molar-refractivity contribution in [3.63, 3.8) is 0 Å². The Hall–Kier alpha value is -1.36. The third kappa shape index (κ3) is 6.11. The second-order valence-corrected chi connectivity index (χ2v) is 5.10. The highest BCUT2D eigenvalue weighted by atomic mass is 19.3. The molecule has 0 aromatic carbocycles. The Morgan fingerprint density at radius 1 is 0.769 bits per heavy atom. The van der Waals surface area contributed by atoms with Gasteiger partial charge in [0.15, 0.2) is 6.17 Å². The van der Waals surface area contributed by atoms with E-state index in [2.05, 4.69) is 13.2 Å². The molecule has 0 nitrogen and oxygen atoms in total. The summed E-state index contributed by atoms with van der Waals surface area (Å²) < 4.78 is 147. The lowest BCUT2D eigenvalue weighted by atomic mass is 10.0. The van der Waals surface area contributed by atoms with Gasteiger partial charge in [0.1, 0.15) is 6.67 Å². The van der Waals surface area contributed by atoms with Gasteiger partial charge < -0.3 is 0 Å². The summed E-state index contributed by atoms with van der Waals surface area (Å²) in [6.07, 6.45) is -5.36. The van der Waals surface area contributed by atoms with E-state index in [1.54, 1.807) is 0 Å². The molecule has 26 heavy (non-hydrogen) atoms. The van der Waals surface area contributed by atoms with E-state index in [0.717, 1.165) is 0 Å². The van der Waals surface area contributed by atoms with Crippen LogP contribution in [0.15, 0.2) is 25.3 Å². The zero-order chi connectivity index (χ0) is 21.6. The zero-order valence-corrected chi connectivity index (χ0v) is 13.3. The lowest BCUT2D eigenvalue weighted by molar-refractivity contribution is -0.301. The van der Waals surface area contributed by atoms with Crippen LogP contribution in [-0.2, 0) is 0 Å². The number of allylic oxidation sites excluding steroid dienone is 2. The van der Waals surface area contributed by atoms with Crippen LogP contribution in [0.1, 0.15) is 19.8 Å². The zero-order valence-electron chi connectivity index (χ0n) is 13.3. The highest BCUT2D eigenvalue weighted by Crippen LogP contribution is 2.47. The van der Waals surface area contributed by atoms with Crippen LogP contribution in [0.25, 0.3) is 0 Å². The normalized spacial score (nSPS) is 15.0. The molecule has 0 aliphatic heterocycles. The Balaban J connectivity index is 0. The van der Waals surface area contributed by atoms with Gasteiger partial charge in [-0.15, -0.1) is 13.2 Å². The molecule has 0 bridgehead atoms. The Morgan fingerprint density at radius 2 is 1.12 bits per heavy atom. The van der Waals surface area contributed by atoms with Gasteiger partial charge in [-0.3, -0.25) is 0 Å². The lowest BCUT2D eigenvalue weighted by Gasteiger charge is -2.29. The molecular weight excluding hydrogens is 396 g/mol. The summed E-state index contributed by atoms with van der Waals surface area (Å²) in [5.74, 6) is -24.5. The highest BCUT2D eigenvalue weighted by Gasteiger charge is 2.68. The van der Waals surface area contributed by atoms with Crippen molar-refractivity contribution in [2.45, 2.75) is 55.5 Å². The molecule has 0 saturated carbocycles. The van der Waals surface area contributed by atoms with E-state index in [-0.39, 0.29) is 6.92 Å². The number of halogens is 12. The van der Waals surface area contributed by atoms with E-state index in [1.807, 2.05) is 0 Å². The molecule has 0 aromatic heterocycles. The second-order valence-electron chi connectivity index (χ2n) is 5.10. The van der Waals surface area contributed by atoms with Crippen LogP contribution in [0.4, 0.5) is 52.7 Å². The second kappa shape index (κ2) is 9.03. The Labute approximate surface area is 141 Å². The van der Waals surface area contributed by atoms with E-state index >= 15 is 0 Å². The fraction of sp³-hybridized carbons (Fsp3) is 0.714. The number of hydrogen-bond acceptors (Lipinski definition) is 0. The molecule has 0 amide bonds. The summed E-state index contributed by atoms with van der Waals surface area (Å²) in [6.45, 7) is 3.21. The minimum Gasteiger partial charge on any atom is -0.248 e. The van der Waals surface area contributed by atoms with Crippen molar-refractivity contribution in [3.8, 4) is 0 Å². The molecule has 0 N–H and O–H groups in total. The maximum absolute atomic E-state index is 12.4. The molecule has 0 radical (unpaired) electrons. The van der Waals surface area contributed by atoms with Gasteiger partial charge in [-0.2, -0.15) is 43.9 Å². The van der Waals surface area contributed by atoms with Crippen LogP contribution in [0.2, 0.25) is 0 Å². The summed E-state index contributed by atoms with van der Waals surface area (Å²) in [4.78, 5) is 0. The first-order valence-electron chi connectivity index (χ1n) is 6.66. The van der Waals surface area contributed by atoms with E-state index in [4.69, 9.17) is 0 Å². The first-order chi connectivity index (χ1) is 11.4. The molecule has 0 aliphatic carbocycles. The fourth-order valence-electron chi connectivity index (χ4n) is 1.27. The van der Waals surface area contributed by atoms with Gasteiger partial charge in [0.05, 0.1) is 0 Å². The van der Waals surface area contributed by atoms with Crippen molar-refractivity contribution >= 4 is 0 Å². The van der Waals surface area contributed by atoms with Gasteiger partial charge in [-0.05, 0) is 0 Å². The SMILES string of the molecule is C=CCC(F)(F)C(F)(F)C(C)(F)F.C=CCC(F)(F)C(F)(F)C(F)CF. The topological polar surface area (TPSA) is 0 Å². The molecule has 0 fully saturated rings. The largest absolute Gasteiger partial charge is 0.371 e. The first-order valence-corrected chi connectivity index (χ1v) is 6.66. The lowest BCUT2D eigenvalue weighted by Crippen LogP contribution is -2.52. The standard InChI is InChI=1S/2C7H8F6/c1-3-4-6(10,11)7(12,13)5(2,8)9;1-2-3-6(10,11)7(12,13)5(9)4-8/h3H,1,4H2,2H3;2,5H,1,3-4H2. The Kier molecular flexibility index (Phi) is 9.33. The van der Waals surface area contributed by atoms with E-state index in [9.17, 15) is 52.7 Å². The Bertz CT molecular complexity index is 449. The minimum atomic E-state index is -5.35. The first kappa shape index (κ1) is 26.9. The molecule has 0 heterocycles. The van der Waals surface area contributed by atoms with Crippen LogP contribution in [0.5, 0.6) is 0 Å². The molecule has 156 valence electrons. The van der Waals surface area contributed by atoms with Gasteiger partial charge in [0, 0.05) is 19.8 Å². The van der Waals surface area contributed by atoms with Gasteiger partial charge >= 0.3 is 29.6 Å². The summed E-state index contributed by atoms with van der Waals surface area (Å²) in [5.41, 5.74) is 0. The average molecular weight is 412 g/mol. The van der Waals surface area contributed by atoms with E-state index in [1.165, 1.54) is 0 Å². The number of rotatable bonds is 9. The van der Waals surface area contributed by atoms with Gasteiger partial charge in [-0.25, -0.2) is 8.78 Å². The quantitative estimate of drug-likeness (QED) is 0.295. The molecule has 12 heteroatoms. The minimum absolute atomic E-state index is 0.246. The van der Waals surface area contributed by atoms with Crippen LogP contribution in [0, 0.1) is 0 Å². The third-order valence-corrected chi connectivity index (χ3v) is 2.83. The summed E-state index contributed by atoms with van der Waals surface area (Å²) in [5, 5.41) is 0. The highest BCUT2D eigenvalue weighted by molar-refractivity contribution is 4.97. The fourth-order valence-corrected chi connectivity index (χ4v) is 1.27. The van der Waals surface area contributed by atoms with Crippen LogP contribution in [-0.4, -0.2) is 42.5 Å². The van der Waals surface area contributed by atoms with Crippen LogP contribution < -0.4 is 0 Å². The van der Waals surface area contributed by atoms with Crippen molar-refractivity contribution in [3.05, 3.63) is 25.3 Å². The van der Waals surface area contributed by atoms with Crippen molar-refractivity contribution in [1.29, 1.82) is 0 Å². The van der Waals surface area contributed by atoms with Crippen molar-refractivity contribution < 1.29 is 52.7 Å². The van der Waals surface area contributed by atoms with E-state index < -0.39 is 55.3 Å². The average Bonchev–Trinajstić information content (AvgIpc) is 2.45. The van der Waals surface area contributed by atoms with Gasteiger partial charge in [0.2, 0.25) is 0 Å². The Morgan fingerprint density at radius 3 is 1.38 bits per heavy atom. The van der Waals surface area contributed by atoms with E-state index in [0.29, 0.717) is 12.2 Å². The maximum atomic E-state index is 12.4. The van der Waals surface area contributed by atoms with Crippen molar-refractivity contribution in [1.82, 2.24) is 0 Å². The molecule has 0 aliphatic rings. The summed E-state index contributed by atoms with van der Waals surface area (Å²) >= 11 is 0. The van der Waals surface area contributed by atoms with Crippen molar-refractivity contribution in [2.75, 3.05) is 6.67 Å². The molecular formula is C14H16F12.